The van der Waals surface area contributed by atoms with Crippen LogP contribution in [0.5, 0.6) is 0 Å². The van der Waals surface area contributed by atoms with Crippen molar-refractivity contribution < 1.29 is 23.9 Å². The van der Waals surface area contributed by atoms with E-state index in [0.29, 0.717) is 29.1 Å². The molecule has 7 nitrogen and oxygen atoms in total. The molecular formula is C23H24N2O5. The summed E-state index contributed by atoms with van der Waals surface area (Å²) < 4.78 is 5.08. The van der Waals surface area contributed by atoms with Gasteiger partial charge in [0.25, 0.3) is 5.91 Å². The molecule has 0 heterocycles. The van der Waals surface area contributed by atoms with Crippen molar-refractivity contribution in [2.45, 2.75) is 27.2 Å². The van der Waals surface area contributed by atoms with Crippen LogP contribution in [0.1, 0.15) is 47.9 Å². The van der Waals surface area contributed by atoms with E-state index >= 15 is 0 Å². The number of nitrogens with one attached hydrogen (secondary N) is 2. The zero-order valence-electron chi connectivity index (χ0n) is 17.2. The van der Waals surface area contributed by atoms with Gasteiger partial charge >= 0.3 is 5.97 Å². The number of ketones is 1. The number of rotatable bonds is 8. The highest BCUT2D eigenvalue weighted by Gasteiger charge is 2.11. The van der Waals surface area contributed by atoms with Crippen molar-refractivity contribution in [2.24, 2.45) is 0 Å². The molecule has 7 heteroatoms. The predicted octanol–water partition coefficient (Wildman–Crippen LogP) is 3.98. The largest absolute Gasteiger partial charge is 0.462 e. The highest BCUT2D eigenvalue weighted by atomic mass is 16.5. The first-order valence-corrected chi connectivity index (χ1v) is 9.49. The first kappa shape index (κ1) is 22.5. The van der Waals surface area contributed by atoms with E-state index in [0.717, 1.165) is 6.42 Å². The maximum Gasteiger partial charge on any atom is 0.338 e. The monoisotopic (exact) mass is 408 g/mol. The lowest BCUT2D eigenvalue weighted by Gasteiger charge is -2.08. The van der Waals surface area contributed by atoms with Gasteiger partial charge in [-0.3, -0.25) is 14.4 Å². The second kappa shape index (κ2) is 10.7. The zero-order valence-corrected chi connectivity index (χ0v) is 17.2. The average Bonchev–Trinajstić information content (AvgIpc) is 2.72. The number of anilines is 2. The third-order valence-electron chi connectivity index (χ3n) is 4.06. The summed E-state index contributed by atoms with van der Waals surface area (Å²) in [5.74, 6) is -1.48. The molecule has 0 spiro atoms. The SMILES string of the molecule is CCCOC(=O)c1cccc(NC(=O)/C(C)=C\C(=O)Nc2ccc(C(C)=O)cc2)c1. The van der Waals surface area contributed by atoms with Crippen molar-refractivity contribution in [3.63, 3.8) is 0 Å². The van der Waals surface area contributed by atoms with Gasteiger partial charge in [-0.05, 0) is 62.7 Å². The Labute approximate surface area is 175 Å². The molecule has 2 aromatic carbocycles. The summed E-state index contributed by atoms with van der Waals surface area (Å²) in [6, 6.07) is 12.8. The van der Waals surface area contributed by atoms with Crippen molar-refractivity contribution in [3.8, 4) is 0 Å². The van der Waals surface area contributed by atoms with Gasteiger partial charge < -0.3 is 15.4 Å². The number of carbonyl (C=O) groups excluding carboxylic acids is 4. The fourth-order valence-corrected chi connectivity index (χ4v) is 2.46. The van der Waals surface area contributed by atoms with Crippen LogP contribution in [0.25, 0.3) is 0 Å². The van der Waals surface area contributed by atoms with E-state index in [1.54, 1.807) is 42.5 Å². The Kier molecular flexibility index (Phi) is 8.05. The lowest BCUT2D eigenvalue weighted by Crippen LogP contribution is -2.16. The third-order valence-corrected chi connectivity index (χ3v) is 4.06. The lowest BCUT2D eigenvalue weighted by molar-refractivity contribution is -0.114. The fourth-order valence-electron chi connectivity index (χ4n) is 2.46. The fraction of sp³-hybridized carbons (Fsp3) is 0.217. The number of Topliss-reactive ketones (excluding diaryl/α,β-unsaturated/α-hetero) is 1. The van der Waals surface area contributed by atoms with Gasteiger partial charge in [0.15, 0.2) is 5.78 Å². The van der Waals surface area contributed by atoms with Crippen LogP contribution in [0.4, 0.5) is 11.4 Å². The van der Waals surface area contributed by atoms with Crippen LogP contribution in [0.2, 0.25) is 0 Å². The Morgan fingerprint density at radius 1 is 0.900 bits per heavy atom. The first-order valence-electron chi connectivity index (χ1n) is 9.49. The maximum absolute atomic E-state index is 12.4. The van der Waals surface area contributed by atoms with Crippen LogP contribution < -0.4 is 10.6 Å². The molecule has 2 N–H and O–H groups in total. The molecule has 2 aromatic rings. The minimum atomic E-state index is -0.477. The van der Waals surface area contributed by atoms with Crippen molar-refractivity contribution >= 4 is 34.9 Å². The van der Waals surface area contributed by atoms with Gasteiger partial charge in [0.1, 0.15) is 0 Å². The summed E-state index contributed by atoms with van der Waals surface area (Å²) in [6.45, 7) is 5.19. The minimum absolute atomic E-state index is 0.0667. The van der Waals surface area contributed by atoms with Gasteiger partial charge in [0, 0.05) is 28.6 Å². The Morgan fingerprint density at radius 2 is 1.60 bits per heavy atom. The maximum atomic E-state index is 12.4. The summed E-state index contributed by atoms with van der Waals surface area (Å²) in [4.78, 5) is 47.7. The van der Waals surface area contributed by atoms with E-state index in [2.05, 4.69) is 10.6 Å². The molecule has 0 aliphatic heterocycles. The van der Waals surface area contributed by atoms with Crippen molar-refractivity contribution in [2.75, 3.05) is 17.2 Å². The summed E-state index contributed by atoms with van der Waals surface area (Å²) in [7, 11) is 0. The molecule has 0 saturated heterocycles. The number of benzene rings is 2. The smallest absolute Gasteiger partial charge is 0.338 e. The van der Waals surface area contributed by atoms with E-state index < -0.39 is 17.8 Å². The second-order valence-corrected chi connectivity index (χ2v) is 6.62. The number of ether oxygens (including phenoxy) is 1. The highest BCUT2D eigenvalue weighted by Crippen LogP contribution is 2.14. The summed E-state index contributed by atoms with van der Waals surface area (Å²) in [6.07, 6.45) is 1.89. The van der Waals surface area contributed by atoms with Gasteiger partial charge in [-0.25, -0.2) is 4.79 Å². The van der Waals surface area contributed by atoms with E-state index in [1.807, 2.05) is 6.92 Å². The molecule has 0 atom stereocenters. The quantitative estimate of drug-likeness (QED) is 0.391. The standard InChI is InChI=1S/C23H24N2O5/c1-4-12-30-23(29)18-6-5-7-20(14-18)25-22(28)15(2)13-21(27)24-19-10-8-17(9-11-19)16(3)26/h5-11,13-14H,4,12H2,1-3H3,(H,24,27)(H,25,28)/b15-13-. The highest BCUT2D eigenvalue weighted by molar-refractivity contribution is 6.10. The molecule has 30 heavy (non-hydrogen) atoms. The Hall–Kier alpha value is -3.74. The molecule has 2 amide bonds. The molecule has 0 radical (unpaired) electrons. The van der Waals surface area contributed by atoms with Gasteiger partial charge in [0.05, 0.1) is 12.2 Å². The Bertz CT molecular complexity index is 977. The van der Waals surface area contributed by atoms with Crippen LogP contribution in [-0.2, 0) is 14.3 Å². The number of hydrogen-bond donors (Lipinski definition) is 2. The van der Waals surface area contributed by atoms with Gasteiger partial charge in [0.2, 0.25) is 5.91 Å². The van der Waals surface area contributed by atoms with Crippen LogP contribution in [0, 0.1) is 0 Å². The topological polar surface area (TPSA) is 102 Å². The van der Waals surface area contributed by atoms with Crippen LogP contribution in [-0.4, -0.2) is 30.2 Å². The molecule has 0 bridgehead atoms. The number of amides is 2. The number of hydrogen-bond acceptors (Lipinski definition) is 5. The molecule has 0 aromatic heterocycles. The lowest BCUT2D eigenvalue weighted by atomic mass is 10.1. The van der Waals surface area contributed by atoms with Crippen LogP contribution in [0.3, 0.4) is 0 Å². The Balaban J connectivity index is 1.99. The van der Waals surface area contributed by atoms with E-state index in [-0.39, 0.29) is 11.4 Å². The minimum Gasteiger partial charge on any atom is -0.462 e. The first-order chi connectivity index (χ1) is 14.3. The zero-order chi connectivity index (χ0) is 22.1. The number of esters is 1. The van der Waals surface area contributed by atoms with Gasteiger partial charge in [-0.1, -0.05) is 13.0 Å². The predicted molar refractivity (Wildman–Crippen MR) is 114 cm³/mol. The summed E-state index contributed by atoms with van der Waals surface area (Å²) in [5.41, 5.74) is 1.98. The van der Waals surface area contributed by atoms with Gasteiger partial charge in [-0.15, -0.1) is 0 Å². The van der Waals surface area contributed by atoms with Gasteiger partial charge in [-0.2, -0.15) is 0 Å². The van der Waals surface area contributed by atoms with E-state index in [4.69, 9.17) is 4.74 Å². The Morgan fingerprint density at radius 3 is 2.23 bits per heavy atom. The number of carbonyl (C=O) groups is 4. The van der Waals surface area contributed by atoms with E-state index in [1.165, 1.54) is 26.0 Å². The summed E-state index contributed by atoms with van der Waals surface area (Å²) in [5, 5.41) is 5.28. The normalized spacial score (nSPS) is 10.8. The molecule has 0 aliphatic rings. The molecule has 0 unspecified atom stereocenters. The molecular weight excluding hydrogens is 384 g/mol. The van der Waals surface area contributed by atoms with Crippen LogP contribution in [0.15, 0.2) is 60.2 Å². The van der Waals surface area contributed by atoms with E-state index in [9.17, 15) is 19.2 Å². The summed E-state index contributed by atoms with van der Waals surface area (Å²) >= 11 is 0. The molecule has 0 fully saturated rings. The molecule has 2 rings (SSSR count). The van der Waals surface area contributed by atoms with Crippen LogP contribution >= 0.6 is 0 Å². The second-order valence-electron chi connectivity index (χ2n) is 6.62. The van der Waals surface area contributed by atoms with Crippen molar-refractivity contribution in [3.05, 3.63) is 71.3 Å². The van der Waals surface area contributed by atoms with Crippen molar-refractivity contribution in [1.29, 1.82) is 0 Å². The third kappa shape index (κ3) is 6.70. The van der Waals surface area contributed by atoms with Crippen molar-refractivity contribution in [1.82, 2.24) is 0 Å². The molecule has 0 aliphatic carbocycles. The molecule has 0 saturated carbocycles. The molecule has 156 valence electrons. The average molecular weight is 408 g/mol.